The predicted molar refractivity (Wildman–Crippen MR) is 75.4 cm³/mol. The van der Waals surface area contributed by atoms with Gasteiger partial charge in [-0.3, -0.25) is 4.99 Å². The zero-order valence-electron chi connectivity index (χ0n) is 9.96. The summed E-state index contributed by atoms with van der Waals surface area (Å²) in [6.45, 7) is 2.93. The quantitative estimate of drug-likeness (QED) is 0.884. The van der Waals surface area contributed by atoms with Crippen LogP contribution in [0.25, 0.3) is 0 Å². The summed E-state index contributed by atoms with van der Waals surface area (Å²) in [5.41, 5.74) is 0.685. The number of hydrogen-bond acceptors (Lipinski definition) is 5. The Kier molecular flexibility index (Phi) is 3.94. The molecule has 0 spiro atoms. The fourth-order valence-corrected chi connectivity index (χ4v) is 3.09. The molecular weight excluding hydrogens is 270 g/mol. The summed E-state index contributed by atoms with van der Waals surface area (Å²) < 4.78 is 22.5. The Labute approximate surface area is 111 Å². The third-order valence-electron chi connectivity index (χ3n) is 2.59. The zero-order valence-corrected chi connectivity index (χ0v) is 11.6. The van der Waals surface area contributed by atoms with E-state index in [1.54, 1.807) is 23.9 Å². The van der Waals surface area contributed by atoms with Crippen LogP contribution in [-0.2, 0) is 10.0 Å². The fourth-order valence-electron chi connectivity index (χ4n) is 1.57. The number of sulfonamides is 1. The highest BCUT2D eigenvalue weighted by atomic mass is 32.2. The first-order valence-corrected chi connectivity index (χ1v) is 8.02. The number of nitrogens with two attached hydrogens (primary N) is 1. The lowest BCUT2D eigenvalue weighted by Crippen LogP contribution is -2.13. The molecule has 5 nitrogen and oxygen atoms in total. The molecule has 7 heteroatoms. The van der Waals surface area contributed by atoms with Crippen molar-refractivity contribution in [1.82, 2.24) is 0 Å². The van der Waals surface area contributed by atoms with Crippen LogP contribution in [0.3, 0.4) is 0 Å². The maximum absolute atomic E-state index is 11.2. The first-order chi connectivity index (χ1) is 8.49. The van der Waals surface area contributed by atoms with Gasteiger partial charge in [0.1, 0.15) is 0 Å². The average molecular weight is 285 g/mol. The van der Waals surface area contributed by atoms with Crippen molar-refractivity contribution in [3.63, 3.8) is 0 Å². The smallest absolute Gasteiger partial charge is 0.238 e. The number of anilines is 1. The van der Waals surface area contributed by atoms with Crippen molar-refractivity contribution in [3.8, 4) is 0 Å². The summed E-state index contributed by atoms with van der Waals surface area (Å²) in [4.78, 5) is 4.46. The van der Waals surface area contributed by atoms with Crippen LogP contribution in [0.5, 0.6) is 0 Å². The number of thioether (sulfide) groups is 1. The lowest BCUT2D eigenvalue weighted by atomic mass is 10.3. The van der Waals surface area contributed by atoms with Gasteiger partial charge < -0.3 is 5.32 Å². The summed E-state index contributed by atoms with van der Waals surface area (Å²) in [5, 5.41) is 9.53. The van der Waals surface area contributed by atoms with Gasteiger partial charge in [0.25, 0.3) is 0 Å². The van der Waals surface area contributed by atoms with E-state index in [4.69, 9.17) is 5.14 Å². The number of nitrogens with one attached hydrogen (secondary N) is 1. The van der Waals surface area contributed by atoms with Crippen molar-refractivity contribution in [2.24, 2.45) is 10.1 Å². The Balaban J connectivity index is 2.12. The molecule has 3 N–H and O–H groups in total. The van der Waals surface area contributed by atoms with Crippen molar-refractivity contribution < 1.29 is 8.42 Å². The third kappa shape index (κ3) is 3.24. The van der Waals surface area contributed by atoms with Crippen molar-refractivity contribution in [3.05, 3.63) is 24.3 Å². The number of nitrogens with zero attached hydrogens (tertiary/aromatic N) is 1. The third-order valence-corrected chi connectivity index (χ3v) is 4.77. The molecule has 2 rings (SSSR count). The minimum atomic E-state index is -3.66. The number of aliphatic imine (C=N–C) groups is 1. The van der Waals surface area contributed by atoms with Gasteiger partial charge in [0, 0.05) is 10.9 Å². The minimum absolute atomic E-state index is 0.100. The molecule has 0 amide bonds. The molecule has 1 aliphatic rings. The van der Waals surface area contributed by atoms with Gasteiger partial charge in [0.2, 0.25) is 10.0 Å². The van der Waals surface area contributed by atoms with Gasteiger partial charge in [-0.25, -0.2) is 13.6 Å². The van der Waals surface area contributed by atoms with Gasteiger partial charge in [-0.05, 0) is 24.6 Å². The van der Waals surface area contributed by atoms with E-state index in [1.165, 1.54) is 12.1 Å². The summed E-state index contributed by atoms with van der Waals surface area (Å²) in [6, 6.07) is 6.42. The Bertz CT molecular complexity index is 569. The van der Waals surface area contributed by atoms with E-state index >= 15 is 0 Å². The predicted octanol–water partition coefficient (Wildman–Crippen LogP) is 1.63. The molecule has 1 unspecified atom stereocenters. The molecule has 1 aromatic carbocycles. The lowest BCUT2D eigenvalue weighted by molar-refractivity contribution is 0.598. The molecule has 0 saturated heterocycles. The van der Waals surface area contributed by atoms with Gasteiger partial charge in [-0.15, -0.1) is 0 Å². The SMILES string of the molecule is CCC1CN=C(Nc2cccc(S(N)(=O)=O)c2)S1. The Morgan fingerprint density at radius 1 is 1.56 bits per heavy atom. The number of rotatable bonds is 3. The van der Waals surface area contributed by atoms with Crippen molar-refractivity contribution in [2.45, 2.75) is 23.5 Å². The highest BCUT2D eigenvalue weighted by Gasteiger charge is 2.18. The Hall–Kier alpha value is -1.05. The van der Waals surface area contributed by atoms with E-state index in [2.05, 4.69) is 17.2 Å². The van der Waals surface area contributed by atoms with Gasteiger partial charge in [-0.1, -0.05) is 24.8 Å². The van der Waals surface area contributed by atoms with Crippen LogP contribution in [0.1, 0.15) is 13.3 Å². The number of hydrogen-bond donors (Lipinski definition) is 2. The minimum Gasteiger partial charge on any atom is -0.335 e. The van der Waals surface area contributed by atoms with Gasteiger partial charge >= 0.3 is 0 Å². The number of benzene rings is 1. The molecule has 1 heterocycles. The van der Waals surface area contributed by atoms with Crippen LogP contribution < -0.4 is 10.5 Å². The summed E-state index contributed by atoms with van der Waals surface area (Å²) >= 11 is 1.68. The van der Waals surface area contributed by atoms with Gasteiger partial charge in [0.15, 0.2) is 5.17 Å². The summed E-state index contributed by atoms with van der Waals surface area (Å²) in [6.07, 6.45) is 1.07. The van der Waals surface area contributed by atoms with E-state index in [0.29, 0.717) is 10.9 Å². The van der Waals surface area contributed by atoms with Crippen molar-refractivity contribution >= 4 is 32.6 Å². The van der Waals surface area contributed by atoms with Crippen molar-refractivity contribution in [2.75, 3.05) is 11.9 Å². The fraction of sp³-hybridized carbons (Fsp3) is 0.364. The molecular formula is C11H15N3O2S2. The Morgan fingerprint density at radius 3 is 2.94 bits per heavy atom. The molecule has 0 bridgehead atoms. The normalized spacial score (nSPS) is 19.7. The summed E-state index contributed by atoms with van der Waals surface area (Å²) in [7, 11) is -3.66. The molecule has 1 aliphatic heterocycles. The van der Waals surface area contributed by atoms with Crippen LogP contribution in [-0.4, -0.2) is 25.4 Å². The molecule has 0 aliphatic carbocycles. The van der Waals surface area contributed by atoms with E-state index in [-0.39, 0.29) is 4.90 Å². The number of primary sulfonamides is 1. The second-order valence-electron chi connectivity index (χ2n) is 3.99. The van der Waals surface area contributed by atoms with Crippen LogP contribution >= 0.6 is 11.8 Å². The van der Waals surface area contributed by atoms with Crippen LogP contribution in [0, 0.1) is 0 Å². The monoisotopic (exact) mass is 285 g/mol. The standard InChI is InChI=1S/C11H15N3O2S2/c1-2-9-7-13-11(17-9)14-8-4-3-5-10(6-8)18(12,15)16/h3-6,9H,2,7H2,1H3,(H,13,14)(H2,12,15,16). The van der Waals surface area contributed by atoms with Crippen LogP contribution in [0.2, 0.25) is 0 Å². The Morgan fingerprint density at radius 2 is 2.33 bits per heavy atom. The van der Waals surface area contributed by atoms with E-state index in [0.717, 1.165) is 18.1 Å². The lowest BCUT2D eigenvalue weighted by Gasteiger charge is -2.08. The summed E-state index contributed by atoms with van der Waals surface area (Å²) in [5.74, 6) is 0. The molecule has 1 atom stereocenters. The molecule has 0 fully saturated rings. The maximum Gasteiger partial charge on any atom is 0.238 e. The molecule has 0 aromatic heterocycles. The van der Waals surface area contributed by atoms with E-state index in [9.17, 15) is 8.42 Å². The maximum atomic E-state index is 11.2. The molecule has 0 radical (unpaired) electrons. The second kappa shape index (κ2) is 5.29. The topological polar surface area (TPSA) is 84.5 Å². The first-order valence-electron chi connectivity index (χ1n) is 5.60. The molecule has 98 valence electrons. The van der Waals surface area contributed by atoms with Crippen molar-refractivity contribution in [1.29, 1.82) is 0 Å². The largest absolute Gasteiger partial charge is 0.335 e. The molecule has 1 aromatic rings. The highest BCUT2D eigenvalue weighted by Crippen LogP contribution is 2.25. The second-order valence-corrected chi connectivity index (χ2v) is 6.84. The number of amidine groups is 1. The molecule has 18 heavy (non-hydrogen) atoms. The average Bonchev–Trinajstić information content (AvgIpc) is 2.76. The zero-order chi connectivity index (χ0) is 13.2. The van der Waals surface area contributed by atoms with Crippen LogP contribution in [0.4, 0.5) is 5.69 Å². The van der Waals surface area contributed by atoms with E-state index < -0.39 is 10.0 Å². The van der Waals surface area contributed by atoms with Gasteiger partial charge in [0.05, 0.1) is 11.4 Å². The van der Waals surface area contributed by atoms with Crippen LogP contribution in [0.15, 0.2) is 34.2 Å². The molecule has 0 saturated carbocycles. The highest BCUT2D eigenvalue weighted by molar-refractivity contribution is 8.15. The first kappa shape index (κ1) is 13.4. The van der Waals surface area contributed by atoms with E-state index in [1.807, 2.05) is 0 Å². The van der Waals surface area contributed by atoms with Gasteiger partial charge in [-0.2, -0.15) is 0 Å².